The molecule has 8 heteroatoms. The van der Waals surface area contributed by atoms with Crippen LogP contribution in [0.1, 0.15) is 97.8 Å². The molecule has 35 heavy (non-hydrogen) atoms. The zero-order valence-corrected chi connectivity index (χ0v) is 21.0. The average Bonchev–Trinajstić information content (AvgIpc) is 3.02. The van der Waals surface area contributed by atoms with Crippen molar-refractivity contribution in [2.24, 2.45) is 46.3 Å². The van der Waals surface area contributed by atoms with Gasteiger partial charge in [-0.25, -0.2) is 4.39 Å². The van der Waals surface area contributed by atoms with Gasteiger partial charge in [-0.05, 0) is 91.8 Å². The van der Waals surface area contributed by atoms with E-state index < -0.39 is 30.9 Å². The van der Waals surface area contributed by atoms with Gasteiger partial charge in [0.2, 0.25) is 0 Å². The van der Waals surface area contributed by atoms with Crippen LogP contribution in [0.25, 0.3) is 0 Å². The van der Waals surface area contributed by atoms with Crippen LogP contribution in [0.2, 0.25) is 0 Å². The van der Waals surface area contributed by atoms with E-state index in [0.29, 0.717) is 18.3 Å². The second-order valence-corrected chi connectivity index (χ2v) is 12.8. The highest BCUT2D eigenvalue weighted by atomic mass is 19.4. The first kappa shape index (κ1) is 27.2. The third-order valence-electron chi connectivity index (χ3n) is 11.2. The van der Waals surface area contributed by atoms with Crippen molar-refractivity contribution in [3.05, 3.63) is 0 Å². The zero-order valence-electron chi connectivity index (χ0n) is 21.0. The van der Waals surface area contributed by atoms with Gasteiger partial charge in [0, 0.05) is 12.3 Å². The quantitative estimate of drug-likeness (QED) is 0.336. The van der Waals surface area contributed by atoms with E-state index in [2.05, 4.69) is 13.8 Å². The Labute approximate surface area is 204 Å². The van der Waals surface area contributed by atoms with Crippen molar-refractivity contribution in [1.29, 1.82) is 0 Å². The van der Waals surface area contributed by atoms with Crippen LogP contribution in [-0.2, 0) is 4.79 Å². The highest BCUT2D eigenvalue weighted by molar-refractivity contribution is 5.85. The molecule has 202 valence electrons. The molecule has 4 aliphatic carbocycles. The summed E-state index contributed by atoms with van der Waals surface area (Å²) in [5.41, 5.74) is -5.20. The Hall–Kier alpha value is -0.820. The molecule has 0 saturated heterocycles. The molecule has 0 radical (unpaired) electrons. The highest BCUT2D eigenvalue weighted by Gasteiger charge is 2.72. The number of ketones is 1. The second kappa shape index (κ2) is 8.89. The Morgan fingerprint density at radius 2 is 1.54 bits per heavy atom. The topological polar surface area (TPSA) is 17.1 Å². The Kier molecular flexibility index (Phi) is 6.91. The molecule has 0 bridgehead atoms. The molecule has 4 aliphatic rings. The molecule has 8 atom stereocenters. The molecule has 0 amide bonds. The molecule has 4 fully saturated rings. The number of fused-ring (bicyclic) bond motifs is 5. The van der Waals surface area contributed by atoms with Gasteiger partial charge in [0.1, 0.15) is 5.78 Å². The summed E-state index contributed by atoms with van der Waals surface area (Å²) in [7, 11) is 0. The molecule has 0 aromatic rings. The summed E-state index contributed by atoms with van der Waals surface area (Å²) in [5, 5.41) is 0. The molecule has 1 unspecified atom stereocenters. The number of alkyl halides is 7. The van der Waals surface area contributed by atoms with Gasteiger partial charge in [-0.3, -0.25) is 4.79 Å². The van der Waals surface area contributed by atoms with E-state index in [1.165, 1.54) is 25.7 Å². The van der Waals surface area contributed by atoms with Crippen molar-refractivity contribution in [3.8, 4) is 0 Å². The number of halogens is 7. The lowest BCUT2D eigenvalue weighted by atomic mass is 9.44. The van der Waals surface area contributed by atoms with E-state index in [9.17, 15) is 35.5 Å². The molecule has 4 rings (SSSR count). The van der Waals surface area contributed by atoms with Gasteiger partial charge in [0.05, 0.1) is 0 Å². The van der Waals surface area contributed by atoms with E-state index in [4.69, 9.17) is 0 Å². The van der Waals surface area contributed by atoms with E-state index in [1.54, 1.807) is 0 Å². The van der Waals surface area contributed by atoms with Crippen molar-refractivity contribution < 1.29 is 35.5 Å². The fraction of sp³-hybridized carbons (Fsp3) is 0.963. The minimum absolute atomic E-state index is 0.0476. The number of carbonyl (C=O) groups is 1. The van der Waals surface area contributed by atoms with Crippen LogP contribution in [-0.4, -0.2) is 23.8 Å². The van der Waals surface area contributed by atoms with Crippen LogP contribution in [0.4, 0.5) is 30.7 Å². The van der Waals surface area contributed by atoms with E-state index >= 15 is 0 Å². The van der Waals surface area contributed by atoms with E-state index in [1.807, 2.05) is 6.92 Å². The summed E-state index contributed by atoms with van der Waals surface area (Å²) in [5.74, 6) is 1.40. The lowest BCUT2D eigenvalue weighted by Crippen LogP contribution is -2.54. The summed E-state index contributed by atoms with van der Waals surface area (Å²) >= 11 is 0. The first-order chi connectivity index (χ1) is 16.1. The molecule has 0 heterocycles. The predicted octanol–water partition coefficient (Wildman–Crippen LogP) is 8.85. The molecule has 4 saturated carbocycles. The summed E-state index contributed by atoms with van der Waals surface area (Å²) in [4.78, 5) is 13.4. The Morgan fingerprint density at radius 3 is 2.17 bits per heavy atom. The maximum atomic E-state index is 14.1. The molecule has 1 nitrogen and oxygen atoms in total. The number of carbonyl (C=O) groups excluding carboxylic acids is 1. The smallest absolute Gasteiger partial charge is 0.299 e. The van der Waals surface area contributed by atoms with Crippen molar-refractivity contribution in [2.75, 3.05) is 0 Å². The van der Waals surface area contributed by atoms with Gasteiger partial charge in [0.15, 0.2) is 0 Å². The SMILES string of the molecule is C[C@H](CCCC(F)(C(F)(F)F)C(F)(F)F)[C@H]1CC(=O)[C@H]2[C@@H]3CCC4CCCC[C@]4(C)[C@H]3CC[C@]12C. The second-order valence-electron chi connectivity index (χ2n) is 12.8. The lowest BCUT2D eigenvalue weighted by Gasteiger charge is -2.60. The van der Waals surface area contributed by atoms with Crippen molar-refractivity contribution >= 4 is 5.78 Å². The summed E-state index contributed by atoms with van der Waals surface area (Å²) in [6.07, 6.45) is -4.68. The largest absolute Gasteiger partial charge is 0.431 e. The Bertz CT molecular complexity index is 790. The number of rotatable bonds is 5. The van der Waals surface area contributed by atoms with Gasteiger partial charge >= 0.3 is 12.4 Å². The van der Waals surface area contributed by atoms with Gasteiger partial charge in [-0.1, -0.05) is 40.0 Å². The maximum Gasteiger partial charge on any atom is 0.431 e. The number of hydrogen-bond acceptors (Lipinski definition) is 1. The van der Waals surface area contributed by atoms with Crippen LogP contribution in [0, 0.1) is 46.3 Å². The zero-order chi connectivity index (χ0) is 26.0. The molecule has 0 aromatic carbocycles. The van der Waals surface area contributed by atoms with Gasteiger partial charge in [0.25, 0.3) is 5.67 Å². The van der Waals surface area contributed by atoms with Crippen LogP contribution < -0.4 is 0 Å². The molecule has 0 aliphatic heterocycles. The van der Waals surface area contributed by atoms with Gasteiger partial charge in [-0.2, -0.15) is 26.3 Å². The molecule has 0 N–H and O–H groups in total. The highest BCUT2D eigenvalue weighted by Crippen LogP contribution is 2.67. The van der Waals surface area contributed by atoms with Crippen LogP contribution in [0.15, 0.2) is 0 Å². The fourth-order valence-corrected chi connectivity index (χ4v) is 9.29. The third-order valence-corrected chi connectivity index (χ3v) is 11.2. The Balaban J connectivity index is 1.46. The normalized spacial score (nSPS) is 41.2. The van der Waals surface area contributed by atoms with Gasteiger partial charge < -0.3 is 0 Å². The average molecular weight is 513 g/mol. The minimum atomic E-state index is -6.00. The first-order valence-electron chi connectivity index (χ1n) is 13.4. The monoisotopic (exact) mass is 512 g/mol. The summed E-state index contributed by atoms with van der Waals surface area (Å²) in [6, 6.07) is 0. The summed E-state index contributed by atoms with van der Waals surface area (Å²) in [6.45, 7) is 6.36. The van der Waals surface area contributed by atoms with Crippen LogP contribution >= 0.6 is 0 Å². The van der Waals surface area contributed by atoms with Crippen molar-refractivity contribution in [2.45, 2.75) is 116 Å². The molecular formula is C27H39F7O. The standard InChI is InChI=1S/C27H39F7O/c1-16(7-6-13-25(28,26(29,30)31)27(32,33)34)20-15-21(35)22-18-10-9-17-8-4-5-12-23(17,2)19(18)11-14-24(20,22)3/h16-20,22H,4-15H2,1-3H3/t16-,17?,18-,19+,20-,22-,23+,24-/m1/s1. The summed E-state index contributed by atoms with van der Waals surface area (Å²) < 4.78 is 91.7. The number of Topliss-reactive ketones (excluding diaryl/α,β-unsaturated/α-hetero) is 1. The van der Waals surface area contributed by atoms with Gasteiger partial charge in [-0.15, -0.1) is 0 Å². The van der Waals surface area contributed by atoms with Crippen molar-refractivity contribution in [1.82, 2.24) is 0 Å². The fourth-order valence-electron chi connectivity index (χ4n) is 9.29. The first-order valence-corrected chi connectivity index (χ1v) is 13.4. The maximum absolute atomic E-state index is 14.1. The lowest BCUT2D eigenvalue weighted by molar-refractivity contribution is -0.343. The van der Waals surface area contributed by atoms with Crippen molar-refractivity contribution in [3.63, 3.8) is 0 Å². The molecule has 0 spiro atoms. The van der Waals surface area contributed by atoms with Crippen LogP contribution in [0.5, 0.6) is 0 Å². The molecule has 0 aromatic heterocycles. The predicted molar refractivity (Wildman–Crippen MR) is 119 cm³/mol. The third kappa shape index (κ3) is 4.24. The number of hydrogen-bond donors (Lipinski definition) is 0. The Morgan fingerprint density at radius 1 is 0.886 bits per heavy atom. The van der Waals surface area contributed by atoms with E-state index in [0.717, 1.165) is 31.6 Å². The van der Waals surface area contributed by atoms with Crippen LogP contribution in [0.3, 0.4) is 0 Å². The molecular weight excluding hydrogens is 473 g/mol. The minimum Gasteiger partial charge on any atom is -0.299 e. The van der Waals surface area contributed by atoms with E-state index in [-0.39, 0.29) is 40.8 Å².